The molecular formula is C14H20N2OS. The lowest BCUT2D eigenvalue weighted by atomic mass is 10.2. The van der Waals surface area contributed by atoms with E-state index in [-0.39, 0.29) is 0 Å². The molecule has 1 N–H and O–H groups in total. The van der Waals surface area contributed by atoms with Crippen LogP contribution in [0.15, 0.2) is 21.9 Å². The van der Waals surface area contributed by atoms with Gasteiger partial charge in [-0.15, -0.1) is 11.3 Å². The summed E-state index contributed by atoms with van der Waals surface area (Å²) in [6.45, 7) is 5.88. The summed E-state index contributed by atoms with van der Waals surface area (Å²) in [4.78, 5) is 4.46. The first-order chi connectivity index (χ1) is 8.74. The minimum atomic E-state index is 0.824. The van der Waals surface area contributed by atoms with Crippen LogP contribution in [0.2, 0.25) is 0 Å². The van der Waals surface area contributed by atoms with Gasteiger partial charge in [-0.2, -0.15) is 0 Å². The molecule has 2 rings (SSSR count). The predicted molar refractivity (Wildman–Crippen MR) is 74.9 cm³/mol. The minimum Gasteiger partial charge on any atom is -0.465 e. The quantitative estimate of drug-likeness (QED) is 0.778. The average Bonchev–Trinajstić information content (AvgIpc) is 2.93. The summed E-state index contributed by atoms with van der Waals surface area (Å²) in [5.74, 6) is 1.99. The molecule has 4 heteroatoms. The van der Waals surface area contributed by atoms with Gasteiger partial charge in [0.2, 0.25) is 0 Å². The van der Waals surface area contributed by atoms with Crippen molar-refractivity contribution in [1.82, 2.24) is 10.3 Å². The summed E-state index contributed by atoms with van der Waals surface area (Å²) in [7, 11) is 0. The second-order valence-electron chi connectivity index (χ2n) is 4.53. The van der Waals surface area contributed by atoms with Gasteiger partial charge in [0.25, 0.3) is 0 Å². The summed E-state index contributed by atoms with van der Waals surface area (Å²) in [6.07, 6.45) is 3.47. The predicted octanol–water partition coefficient (Wildman–Crippen LogP) is 3.47. The molecule has 18 heavy (non-hydrogen) atoms. The van der Waals surface area contributed by atoms with Crippen molar-refractivity contribution < 1.29 is 4.42 Å². The lowest BCUT2D eigenvalue weighted by Gasteiger charge is -2.02. The zero-order valence-corrected chi connectivity index (χ0v) is 11.8. The number of thiazole rings is 1. The van der Waals surface area contributed by atoms with Crippen LogP contribution in [-0.2, 0) is 13.0 Å². The lowest BCUT2D eigenvalue weighted by molar-refractivity contribution is 0.459. The van der Waals surface area contributed by atoms with Gasteiger partial charge in [-0.25, -0.2) is 4.98 Å². The van der Waals surface area contributed by atoms with E-state index in [9.17, 15) is 0 Å². The Hall–Kier alpha value is -1.13. The zero-order valence-electron chi connectivity index (χ0n) is 11.0. The number of hydrogen-bond donors (Lipinski definition) is 1. The number of aromatic nitrogens is 1. The van der Waals surface area contributed by atoms with Crippen LogP contribution in [0.25, 0.3) is 0 Å². The summed E-state index contributed by atoms with van der Waals surface area (Å²) in [6, 6.07) is 4.03. The van der Waals surface area contributed by atoms with Gasteiger partial charge in [-0.1, -0.05) is 0 Å². The molecule has 0 aliphatic heterocycles. The number of furan rings is 1. The van der Waals surface area contributed by atoms with Crippen molar-refractivity contribution in [3.05, 3.63) is 39.7 Å². The number of hydrogen-bond acceptors (Lipinski definition) is 4. The van der Waals surface area contributed by atoms with Gasteiger partial charge in [-0.3, -0.25) is 0 Å². The fourth-order valence-electron chi connectivity index (χ4n) is 1.84. The maximum atomic E-state index is 5.49. The average molecular weight is 264 g/mol. The topological polar surface area (TPSA) is 38.1 Å². The molecule has 0 unspecified atom stereocenters. The molecule has 0 aliphatic rings. The van der Waals surface area contributed by atoms with Crippen LogP contribution in [0, 0.1) is 13.8 Å². The highest BCUT2D eigenvalue weighted by molar-refractivity contribution is 7.09. The third-order valence-electron chi connectivity index (χ3n) is 2.76. The molecule has 0 bridgehead atoms. The number of nitrogens with one attached hydrogen (secondary N) is 1. The van der Waals surface area contributed by atoms with E-state index in [2.05, 4.69) is 15.7 Å². The molecule has 0 aliphatic carbocycles. The summed E-state index contributed by atoms with van der Waals surface area (Å²) < 4.78 is 5.49. The Kier molecular flexibility index (Phi) is 4.96. The number of rotatable bonds is 7. The first-order valence-electron chi connectivity index (χ1n) is 6.41. The Labute approximate surface area is 112 Å². The van der Waals surface area contributed by atoms with Gasteiger partial charge in [0.05, 0.1) is 11.6 Å². The lowest BCUT2D eigenvalue weighted by Crippen LogP contribution is -2.14. The van der Waals surface area contributed by atoms with Crippen LogP contribution < -0.4 is 5.32 Å². The van der Waals surface area contributed by atoms with Gasteiger partial charge in [0.15, 0.2) is 0 Å². The molecule has 0 radical (unpaired) electrons. The Balaban J connectivity index is 1.54. The Morgan fingerprint density at radius 2 is 2.17 bits per heavy atom. The van der Waals surface area contributed by atoms with Gasteiger partial charge < -0.3 is 9.73 Å². The SMILES string of the molecule is Cc1csc(CCCCNCc2ccc(C)o2)n1. The van der Waals surface area contributed by atoms with Crippen molar-refractivity contribution >= 4 is 11.3 Å². The fourth-order valence-corrected chi connectivity index (χ4v) is 2.65. The monoisotopic (exact) mass is 264 g/mol. The van der Waals surface area contributed by atoms with E-state index in [0.29, 0.717) is 0 Å². The highest BCUT2D eigenvalue weighted by Gasteiger charge is 1.99. The minimum absolute atomic E-state index is 0.824. The van der Waals surface area contributed by atoms with Gasteiger partial charge in [0.1, 0.15) is 11.5 Å². The van der Waals surface area contributed by atoms with Crippen molar-refractivity contribution in [2.24, 2.45) is 0 Å². The molecule has 0 atom stereocenters. The maximum absolute atomic E-state index is 5.49. The first-order valence-corrected chi connectivity index (χ1v) is 7.29. The van der Waals surface area contributed by atoms with Gasteiger partial charge in [-0.05, 0) is 51.8 Å². The van der Waals surface area contributed by atoms with E-state index in [0.717, 1.165) is 36.7 Å². The number of nitrogens with zero attached hydrogens (tertiary/aromatic N) is 1. The van der Waals surface area contributed by atoms with Gasteiger partial charge in [0, 0.05) is 11.1 Å². The van der Waals surface area contributed by atoms with E-state index >= 15 is 0 Å². The molecule has 0 saturated carbocycles. The normalized spacial score (nSPS) is 11.0. The molecule has 2 aromatic rings. The van der Waals surface area contributed by atoms with Crippen molar-refractivity contribution in [2.75, 3.05) is 6.54 Å². The van der Waals surface area contributed by atoms with Crippen LogP contribution in [0.5, 0.6) is 0 Å². The Morgan fingerprint density at radius 1 is 1.28 bits per heavy atom. The third-order valence-corrected chi connectivity index (χ3v) is 3.78. The number of aryl methyl sites for hydroxylation is 3. The smallest absolute Gasteiger partial charge is 0.117 e. The van der Waals surface area contributed by atoms with E-state index in [1.54, 1.807) is 11.3 Å². The second kappa shape index (κ2) is 6.71. The molecule has 0 saturated heterocycles. The molecule has 0 amide bonds. The van der Waals surface area contributed by atoms with Crippen LogP contribution in [0.1, 0.15) is 35.1 Å². The summed E-state index contributed by atoms with van der Waals surface area (Å²) in [5.41, 5.74) is 1.14. The molecule has 3 nitrogen and oxygen atoms in total. The first kappa shape index (κ1) is 13.3. The Morgan fingerprint density at radius 3 is 2.83 bits per heavy atom. The van der Waals surface area contributed by atoms with Crippen molar-refractivity contribution in [3.63, 3.8) is 0 Å². The zero-order chi connectivity index (χ0) is 12.8. The fraction of sp³-hybridized carbons (Fsp3) is 0.500. The largest absolute Gasteiger partial charge is 0.465 e. The maximum Gasteiger partial charge on any atom is 0.117 e. The van der Waals surface area contributed by atoms with E-state index in [4.69, 9.17) is 4.42 Å². The standard InChI is InChI=1S/C14H20N2OS/c1-11-10-18-14(16-11)5-3-4-8-15-9-13-7-6-12(2)17-13/h6-7,10,15H,3-5,8-9H2,1-2H3. The van der Waals surface area contributed by atoms with Crippen molar-refractivity contribution in [2.45, 2.75) is 39.7 Å². The van der Waals surface area contributed by atoms with Gasteiger partial charge >= 0.3 is 0 Å². The molecular weight excluding hydrogens is 244 g/mol. The highest BCUT2D eigenvalue weighted by atomic mass is 32.1. The molecule has 2 aromatic heterocycles. The van der Waals surface area contributed by atoms with Crippen LogP contribution in [-0.4, -0.2) is 11.5 Å². The molecule has 0 spiro atoms. The van der Waals surface area contributed by atoms with Crippen LogP contribution >= 0.6 is 11.3 Å². The molecule has 0 aromatic carbocycles. The van der Waals surface area contributed by atoms with Crippen molar-refractivity contribution in [3.8, 4) is 0 Å². The van der Waals surface area contributed by atoms with E-state index < -0.39 is 0 Å². The summed E-state index contributed by atoms with van der Waals surface area (Å²) in [5, 5.41) is 6.77. The summed E-state index contributed by atoms with van der Waals surface area (Å²) >= 11 is 1.77. The third kappa shape index (κ3) is 4.27. The molecule has 0 fully saturated rings. The Bertz CT molecular complexity index is 431. The molecule has 98 valence electrons. The van der Waals surface area contributed by atoms with Crippen LogP contribution in [0.4, 0.5) is 0 Å². The molecule has 2 heterocycles. The van der Waals surface area contributed by atoms with Crippen molar-refractivity contribution in [1.29, 1.82) is 0 Å². The van der Waals surface area contributed by atoms with E-state index in [1.165, 1.54) is 17.8 Å². The number of unbranched alkanes of at least 4 members (excludes halogenated alkanes) is 1. The van der Waals surface area contributed by atoms with E-state index in [1.807, 2.05) is 26.0 Å². The highest BCUT2D eigenvalue weighted by Crippen LogP contribution is 2.11. The van der Waals surface area contributed by atoms with Crippen LogP contribution in [0.3, 0.4) is 0 Å². The second-order valence-corrected chi connectivity index (χ2v) is 5.47.